The van der Waals surface area contributed by atoms with Crippen LogP contribution in [-0.2, 0) is 22.1 Å². The average molecular weight is 200 g/mol. The van der Waals surface area contributed by atoms with E-state index in [1.807, 2.05) is 0 Å². The van der Waals surface area contributed by atoms with Crippen LogP contribution in [-0.4, -0.2) is 57.0 Å². The van der Waals surface area contributed by atoms with Crippen molar-refractivity contribution in [2.24, 2.45) is 0 Å². The SMILES string of the molecule is CC[SH](=O)=O.O=S(O)O.[NaH]. The van der Waals surface area contributed by atoms with Crippen molar-refractivity contribution in [2.45, 2.75) is 6.92 Å². The van der Waals surface area contributed by atoms with Crippen LogP contribution >= 0.6 is 0 Å². The van der Waals surface area contributed by atoms with Crippen LogP contribution in [0.3, 0.4) is 0 Å². The zero-order valence-corrected chi connectivity index (χ0v) is 6.39. The fourth-order valence-corrected chi connectivity index (χ4v) is 0. The molecule has 0 aromatic heterocycles. The van der Waals surface area contributed by atoms with Crippen molar-refractivity contribution in [2.75, 3.05) is 5.75 Å². The van der Waals surface area contributed by atoms with Crippen LogP contribution in [0.4, 0.5) is 0 Å². The molecule has 5 nitrogen and oxygen atoms in total. The van der Waals surface area contributed by atoms with Gasteiger partial charge in [0.25, 0.3) is 11.4 Å². The Morgan fingerprint density at radius 3 is 1.50 bits per heavy atom. The van der Waals surface area contributed by atoms with E-state index in [1.165, 1.54) is 0 Å². The van der Waals surface area contributed by atoms with Gasteiger partial charge in [-0.05, 0) is 0 Å². The molecule has 0 aliphatic rings. The number of thiol groups is 1. The van der Waals surface area contributed by atoms with Crippen molar-refractivity contribution in [1.29, 1.82) is 0 Å². The summed E-state index contributed by atoms with van der Waals surface area (Å²) in [5.74, 6) is 0.259. The second-order valence-electron chi connectivity index (χ2n) is 0.880. The van der Waals surface area contributed by atoms with Gasteiger partial charge in [-0.1, -0.05) is 6.92 Å². The first-order chi connectivity index (χ1) is 4.00. The van der Waals surface area contributed by atoms with Crippen molar-refractivity contribution in [3.05, 3.63) is 0 Å². The molecule has 8 heteroatoms. The predicted molar refractivity (Wildman–Crippen MR) is 41.4 cm³/mol. The van der Waals surface area contributed by atoms with Gasteiger partial charge < -0.3 is 0 Å². The van der Waals surface area contributed by atoms with E-state index in [-0.39, 0.29) is 35.3 Å². The quantitative estimate of drug-likeness (QED) is 0.276. The molecule has 10 heavy (non-hydrogen) atoms. The molecule has 60 valence electrons. The molecule has 0 unspecified atom stereocenters. The molecule has 2 N–H and O–H groups in total. The van der Waals surface area contributed by atoms with Gasteiger partial charge in [-0.2, -0.15) is 4.21 Å². The zero-order valence-electron chi connectivity index (χ0n) is 4.68. The molecule has 0 spiro atoms. The van der Waals surface area contributed by atoms with Gasteiger partial charge >= 0.3 is 29.6 Å². The van der Waals surface area contributed by atoms with Crippen LogP contribution in [0, 0.1) is 0 Å². The molecule has 0 bridgehead atoms. The van der Waals surface area contributed by atoms with Gasteiger partial charge in [0, 0.05) is 5.75 Å². The minimum absolute atomic E-state index is 0. The summed E-state index contributed by atoms with van der Waals surface area (Å²) in [7, 11) is -2.10. The fourth-order valence-electron chi connectivity index (χ4n) is 0. The molecule has 0 saturated carbocycles. The molecule has 0 saturated heterocycles. The van der Waals surface area contributed by atoms with Gasteiger partial charge in [0.1, 0.15) is 10.7 Å². The molecule has 0 heterocycles. The molecule has 0 fully saturated rings. The van der Waals surface area contributed by atoms with Crippen LogP contribution in [0.15, 0.2) is 0 Å². The predicted octanol–water partition coefficient (Wildman–Crippen LogP) is -1.35. The molecule has 0 rings (SSSR count). The topological polar surface area (TPSA) is 91.7 Å². The number of rotatable bonds is 1. The molecule has 0 radical (unpaired) electrons. The van der Waals surface area contributed by atoms with E-state index in [0.29, 0.717) is 0 Å². The van der Waals surface area contributed by atoms with E-state index in [0.717, 1.165) is 0 Å². The summed E-state index contributed by atoms with van der Waals surface area (Å²) in [6, 6.07) is 0. The van der Waals surface area contributed by atoms with E-state index in [2.05, 4.69) is 0 Å². The Bertz CT molecular complexity index is 131. The second kappa shape index (κ2) is 12.7. The Kier molecular flexibility index (Phi) is 21.8. The van der Waals surface area contributed by atoms with Crippen LogP contribution in [0.5, 0.6) is 0 Å². The van der Waals surface area contributed by atoms with Gasteiger partial charge in [-0.25, -0.2) is 8.42 Å². The first kappa shape index (κ1) is 17.2. The van der Waals surface area contributed by atoms with E-state index in [9.17, 15) is 8.42 Å². The van der Waals surface area contributed by atoms with Gasteiger partial charge in [0.2, 0.25) is 0 Å². The Labute approximate surface area is 85.6 Å². The normalized spacial score (nSPS) is 8.10. The second-order valence-corrected chi connectivity index (χ2v) is 2.64. The summed E-state index contributed by atoms with van der Waals surface area (Å²) < 4.78 is 41.6. The van der Waals surface area contributed by atoms with E-state index in [4.69, 9.17) is 13.3 Å². The monoisotopic (exact) mass is 200 g/mol. The Morgan fingerprint density at radius 1 is 1.40 bits per heavy atom. The van der Waals surface area contributed by atoms with Gasteiger partial charge in [-0.3, -0.25) is 9.11 Å². The fraction of sp³-hybridized carbons (Fsp3) is 1.00. The summed E-state index contributed by atoms with van der Waals surface area (Å²) in [4.78, 5) is 0. The molecule has 0 aliphatic heterocycles. The molecule has 0 amide bonds. The minimum atomic E-state index is -2.61. The van der Waals surface area contributed by atoms with Gasteiger partial charge in [-0.15, -0.1) is 0 Å². The molecule has 0 aromatic carbocycles. The third-order valence-electron chi connectivity index (χ3n) is 0.258. The maximum atomic E-state index is 9.41. The van der Waals surface area contributed by atoms with Crippen molar-refractivity contribution in [3.8, 4) is 0 Å². The molecular formula is C2H9NaO5S2. The summed E-state index contributed by atoms with van der Waals surface area (Å²) in [5, 5.41) is 0. The van der Waals surface area contributed by atoms with Gasteiger partial charge in [0.15, 0.2) is 0 Å². The van der Waals surface area contributed by atoms with Crippen LogP contribution < -0.4 is 0 Å². The first-order valence-corrected chi connectivity index (χ1v) is 4.35. The van der Waals surface area contributed by atoms with E-state index < -0.39 is 22.1 Å². The molecule has 0 aromatic rings. The summed E-state index contributed by atoms with van der Waals surface area (Å²) >= 11 is -2.61. The third-order valence-corrected chi connectivity index (χ3v) is 0.775. The standard InChI is InChI=1S/C2H6O2S.Na.H2O3S.H/c1-2-5(3)4;;1-4(2)3;/h5H,2H2,1H3;;(H2,1,2,3);. The molecule has 0 atom stereocenters. The summed E-state index contributed by atoms with van der Waals surface area (Å²) in [5.41, 5.74) is 0. The Balaban J connectivity index is -0.0000000910. The number of hydrogen-bond donors (Lipinski definition) is 3. The van der Waals surface area contributed by atoms with E-state index >= 15 is 0 Å². The zero-order chi connectivity index (χ0) is 7.86. The summed E-state index contributed by atoms with van der Waals surface area (Å²) in [6.45, 7) is 1.60. The van der Waals surface area contributed by atoms with E-state index in [1.54, 1.807) is 6.92 Å². The first-order valence-electron chi connectivity index (χ1n) is 1.92. The molecular weight excluding hydrogens is 191 g/mol. The summed E-state index contributed by atoms with van der Waals surface area (Å²) in [6.07, 6.45) is 0. The van der Waals surface area contributed by atoms with Crippen LogP contribution in [0.25, 0.3) is 0 Å². The van der Waals surface area contributed by atoms with Crippen molar-refractivity contribution < 1.29 is 21.7 Å². The van der Waals surface area contributed by atoms with Crippen molar-refractivity contribution in [1.82, 2.24) is 0 Å². The van der Waals surface area contributed by atoms with Crippen LogP contribution in [0.1, 0.15) is 6.92 Å². The Morgan fingerprint density at radius 2 is 1.50 bits per heavy atom. The van der Waals surface area contributed by atoms with Crippen molar-refractivity contribution in [3.63, 3.8) is 0 Å². The Hall–Kier alpha value is 1.02. The third kappa shape index (κ3) is 63.6. The van der Waals surface area contributed by atoms with Crippen LogP contribution in [0.2, 0.25) is 0 Å². The van der Waals surface area contributed by atoms with Gasteiger partial charge in [0.05, 0.1) is 0 Å². The maximum absolute atomic E-state index is 9.41. The molecule has 0 aliphatic carbocycles. The average Bonchev–Trinajstić information content (AvgIpc) is 1.65. The van der Waals surface area contributed by atoms with Crippen molar-refractivity contribution >= 4 is 51.6 Å². The number of hydrogen-bond acceptors (Lipinski definition) is 3.